The highest BCUT2D eigenvalue weighted by molar-refractivity contribution is 5.95. The first-order valence-corrected chi connectivity index (χ1v) is 8.31. The number of Topliss-reactive ketones (excluding diaryl/α,β-unsaturated/α-hetero) is 1. The normalized spacial score (nSPS) is 16.8. The number of ketones is 1. The molecule has 1 saturated heterocycles. The molecule has 0 bridgehead atoms. The summed E-state index contributed by atoms with van der Waals surface area (Å²) >= 11 is 0. The van der Waals surface area contributed by atoms with E-state index in [0.717, 1.165) is 51.9 Å². The van der Waals surface area contributed by atoms with E-state index in [-0.39, 0.29) is 11.6 Å². The molecule has 0 spiro atoms. The van der Waals surface area contributed by atoms with Gasteiger partial charge in [0.05, 0.1) is 6.10 Å². The van der Waals surface area contributed by atoms with E-state index in [1.165, 1.54) is 12.1 Å². The Morgan fingerprint density at radius 2 is 1.95 bits per heavy atom. The summed E-state index contributed by atoms with van der Waals surface area (Å²) in [5.41, 5.74) is 0.605. The van der Waals surface area contributed by atoms with Gasteiger partial charge >= 0.3 is 0 Å². The monoisotopic (exact) mass is 307 g/mol. The third-order valence-corrected chi connectivity index (χ3v) is 4.14. The molecule has 22 heavy (non-hydrogen) atoms. The quantitative estimate of drug-likeness (QED) is 0.686. The molecule has 0 aliphatic carbocycles. The number of likely N-dealkylation sites (tertiary alicyclic amines) is 1. The van der Waals surface area contributed by atoms with Gasteiger partial charge in [-0.3, -0.25) is 4.79 Å². The van der Waals surface area contributed by atoms with Crippen LogP contribution in [0.4, 0.5) is 4.39 Å². The van der Waals surface area contributed by atoms with Gasteiger partial charge in [-0.2, -0.15) is 0 Å². The van der Waals surface area contributed by atoms with Gasteiger partial charge < -0.3 is 9.64 Å². The first kappa shape index (κ1) is 17.1. The molecule has 1 aliphatic rings. The zero-order chi connectivity index (χ0) is 15.8. The largest absolute Gasteiger partial charge is 0.378 e. The molecule has 1 aromatic carbocycles. The van der Waals surface area contributed by atoms with Crippen LogP contribution in [-0.2, 0) is 4.74 Å². The number of hydrogen-bond donors (Lipinski definition) is 0. The molecule has 0 radical (unpaired) electrons. The number of carbonyl (C=O) groups excluding carboxylic acids is 1. The van der Waals surface area contributed by atoms with Gasteiger partial charge in [-0.1, -0.05) is 6.92 Å². The third-order valence-electron chi connectivity index (χ3n) is 4.14. The third kappa shape index (κ3) is 5.50. The second-order valence-corrected chi connectivity index (χ2v) is 5.95. The molecule has 122 valence electrons. The van der Waals surface area contributed by atoms with Crippen molar-refractivity contribution in [2.45, 2.75) is 45.1 Å². The van der Waals surface area contributed by atoms with E-state index in [1.807, 2.05) is 0 Å². The van der Waals surface area contributed by atoms with Crippen LogP contribution in [-0.4, -0.2) is 43.0 Å². The maximum atomic E-state index is 12.8. The molecule has 0 aromatic heterocycles. The second-order valence-electron chi connectivity index (χ2n) is 5.95. The molecule has 3 nitrogen and oxygen atoms in total. The van der Waals surface area contributed by atoms with Crippen molar-refractivity contribution in [3.05, 3.63) is 35.6 Å². The van der Waals surface area contributed by atoms with E-state index in [2.05, 4.69) is 11.8 Å². The Morgan fingerprint density at radius 1 is 1.27 bits per heavy atom. The van der Waals surface area contributed by atoms with Gasteiger partial charge in [0.25, 0.3) is 0 Å². The molecule has 1 heterocycles. The minimum atomic E-state index is -0.301. The summed E-state index contributed by atoms with van der Waals surface area (Å²) in [6.07, 6.45) is 5.05. The maximum absolute atomic E-state index is 12.8. The Morgan fingerprint density at radius 3 is 2.59 bits per heavy atom. The minimum absolute atomic E-state index is 0.0983. The van der Waals surface area contributed by atoms with Crippen LogP contribution in [0, 0.1) is 5.82 Å². The first-order valence-electron chi connectivity index (χ1n) is 8.31. The number of piperidine rings is 1. The van der Waals surface area contributed by atoms with Crippen LogP contribution in [0.25, 0.3) is 0 Å². The lowest BCUT2D eigenvalue weighted by Crippen LogP contribution is -2.37. The minimum Gasteiger partial charge on any atom is -0.378 e. The molecule has 0 N–H and O–H groups in total. The number of rotatable bonds is 8. The summed E-state index contributed by atoms with van der Waals surface area (Å²) in [5.74, 6) is -0.203. The highest BCUT2D eigenvalue weighted by atomic mass is 19.1. The summed E-state index contributed by atoms with van der Waals surface area (Å²) in [4.78, 5) is 14.4. The molecule has 1 aromatic rings. The van der Waals surface area contributed by atoms with Crippen molar-refractivity contribution in [2.24, 2.45) is 0 Å². The fraction of sp³-hybridized carbons (Fsp3) is 0.611. The van der Waals surface area contributed by atoms with Crippen molar-refractivity contribution in [3.8, 4) is 0 Å². The van der Waals surface area contributed by atoms with Gasteiger partial charge in [0, 0.05) is 31.7 Å². The van der Waals surface area contributed by atoms with E-state index in [9.17, 15) is 9.18 Å². The smallest absolute Gasteiger partial charge is 0.162 e. The summed E-state index contributed by atoms with van der Waals surface area (Å²) in [6.45, 7) is 6.05. The fourth-order valence-corrected chi connectivity index (χ4v) is 2.83. The Bertz CT molecular complexity index is 453. The molecule has 1 aliphatic heterocycles. The Hall–Kier alpha value is -1.26. The summed E-state index contributed by atoms with van der Waals surface area (Å²) in [5, 5.41) is 0. The van der Waals surface area contributed by atoms with E-state index >= 15 is 0 Å². The molecule has 0 amide bonds. The second kappa shape index (κ2) is 9.01. The number of halogens is 1. The van der Waals surface area contributed by atoms with Gasteiger partial charge in [-0.15, -0.1) is 0 Å². The molecule has 0 atom stereocenters. The molecule has 0 unspecified atom stereocenters. The predicted octanol–water partition coefficient (Wildman–Crippen LogP) is 3.68. The average molecular weight is 307 g/mol. The lowest BCUT2D eigenvalue weighted by molar-refractivity contribution is 0.00768. The summed E-state index contributed by atoms with van der Waals surface area (Å²) in [6, 6.07) is 5.81. The van der Waals surface area contributed by atoms with Crippen LogP contribution in [0.2, 0.25) is 0 Å². The Balaban J connectivity index is 1.63. The number of ether oxygens (including phenoxy) is 1. The highest BCUT2D eigenvalue weighted by Crippen LogP contribution is 2.15. The standard InChI is InChI=1S/C18H26FNO2/c1-2-14-22-17-9-12-20(13-10-17)11-3-4-18(21)15-5-7-16(19)8-6-15/h5-8,17H,2-4,9-14H2,1H3. The average Bonchev–Trinajstić information content (AvgIpc) is 2.54. The molecule has 2 rings (SSSR count). The maximum Gasteiger partial charge on any atom is 0.162 e. The van der Waals surface area contributed by atoms with Crippen molar-refractivity contribution in [3.63, 3.8) is 0 Å². The van der Waals surface area contributed by atoms with Crippen LogP contribution >= 0.6 is 0 Å². The first-order chi connectivity index (χ1) is 10.7. The van der Waals surface area contributed by atoms with E-state index in [0.29, 0.717) is 18.1 Å². The molecular weight excluding hydrogens is 281 g/mol. The molecule has 1 fully saturated rings. The summed E-state index contributed by atoms with van der Waals surface area (Å²) < 4.78 is 18.6. The Kier molecular flexibility index (Phi) is 7.00. The van der Waals surface area contributed by atoms with E-state index in [4.69, 9.17) is 4.74 Å². The van der Waals surface area contributed by atoms with Gasteiger partial charge in [-0.05, 0) is 56.5 Å². The number of nitrogens with zero attached hydrogens (tertiary/aromatic N) is 1. The number of hydrogen-bond acceptors (Lipinski definition) is 3. The molecular formula is C18H26FNO2. The van der Waals surface area contributed by atoms with Crippen LogP contribution in [0.15, 0.2) is 24.3 Å². The molecule has 4 heteroatoms. The van der Waals surface area contributed by atoms with Crippen molar-refractivity contribution in [1.29, 1.82) is 0 Å². The van der Waals surface area contributed by atoms with E-state index < -0.39 is 0 Å². The number of benzene rings is 1. The summed E-state index contributed by atoms with van der Waals surface area (Å²) in [7, 11) is 0. The fourth-order valence-electron chi connectivity index (χ4n) is 2.83. The lowest BCUT2D eigenvalue weighted by Gasteiger charge is -2.31. The zero-order valence-electron chi connectivity index (χ0n) is 13.4. The van der Waals surface area contributed by atoms with Gasteiger partial charge in [0.1, 0.15) is 5.82 Å². The van der Waals surface area contributed by atoms with Crippen LogP contribution in [0.5, 0.6) is 0 Å². The SMILES string of the molecule is CCCOC1CCN(CCCC(=O)c2ccc(F)cc2)CC1. The van der Waals surface area contributed by atoms with Gasteiger partial charge in [0.2, 0.25) is 0 Å². The van der Waals surface area contributed by atoms with Gasteiger partial charge in [-0.25, -0.2) is 4.39 Å². The van der Waals surface area contributed by atoms with Crippen molar-refractivity contribution in [2.75, 3.05) is 26.2 Å². The van der Waals surface area contributed by atoms with Crippen molar-refractivity contribution < 1.29 is 13.9 Å². The molecule has 0 saturated carbocycles. The topological polar surface area (TPSA) is 29.5 Å². The highest BCUT2D eigenvalue weighted by Gasteiger charge is 2.19. The Labute approximate surface area is 132 Å². The van der Waals surface area contributed by atoms with Crippen LogP contribution < -0.4 is 0 Å². The van der Waals surface area contributed by atoms with Crippen LogP contribution in [0.3, 0.4) is 0 Å². The zero-order valence-corrected chi connectivity index (χ0v) is 13.4. The van der Waals surface area contributed by atoms with E-state index in [1.54, 1.807) is 12.1 Å². The van der Waals surface area contributed by atoms with Crippen molar-refractivity contribution in [1.82, 2.24) is 4.90 Å². The predicted molar refractivity (Wildman–Crippen MR) is 85.7 cm³/mol. The van der Waals surface area contributed by atoms with Gasteiger partial charge in [0.15, 0.2) is 5.78 Å². The van der Waals surface area contributed by atoms with Crippen LogP contribution in [0.1, 0.15) is 49.4 Å². The lowest BCUT2D eigenvalue weighted by atomic mass is 10.0. The van der Waals surface area contributed by atoms with Crippen molar-refractivity contribution >= 4 is 5.78 Å². The number of carbonyl (C=O) groups is 1.